The van der Waals surface area contributed by atoms with Gasteiger partial charge < -0.3 is 10.1 Å². The number of sulfonamides is 1. The highest BCUT2D eigenvalue weighted by atomic mass is 35.5. The lowest BCUT2D eigenvalue weighted by atomic mass is 10.0. The van der Waals surface area contributed by atoms with E-state index in [4.69, 9.17) is 16.3 Å². The van der Waals surface area contributed by atoms with Crippen molar-refractivity contribution in [2.75, 3.05) is 17.6 Å². The molecule has 336 valence electrons. The fraction of sp³-hybridized carbons (Fsp3) is 0.351. The number of carbonyl (C=O) groups is 1. The van der Waals surface area contributed by atoms with E-state index in [1.165, 1.54) is 26.1 Å². The standard InChI is InChI=1S/C37H30ClF10N9O5S/c1-15-12-36(45,46)29-25(15)27(30(41)42)52-56(29)13-23(58)49-21(10-16-8-17(39)11-18(40)9-16)33-51-31-19(4-7-24(50-31)62-14-37(47,48)35(43)44)34(59)57(33)22-6-5-20(38)26-28(22)55(2)53-32(26)54-63(3,60)61/h4-9,11,15,21,30,35H,10,12-14H2,1-3H3,(H,49,58)(H,53,54)/t15-,21+/m1/s1. The number of hydrogen-bond donors (Lipinski definition) is 2. The summed E-state index contributed by atoms with van der Waals surface area (Å²) in [7, 11) is -2.68. The number of amides is 1. The number of carbonyl (C=O) groups excluding carboxylic acids is 1. The second-order valence-electron chi connectivity index (χ2n) is 14.6. The molecule has 26 heteroatoms. The summed E-state index contributed by atoms with van der Waals surface area (Å²) in [6.07, 6.45) is -8.18. The Morgan fingerprint density at radius 1 is 1.05 bits per heavy atom. The molecule has 4 aromatic heterocycles. The Morgan fingerprint density at radius 3 is 2.37 bits per heavy atom. The molecule has 0 bridgehead atoms. The Kier molecular flexibility index (Phi) is 11.7. The Bertz CT molecular complexity index is 2960. The van der Waals surface area contributed by atoms with Crippen molar-refractivity contribution in [1.29, 1.82) is 0 Å². The molecule has 0 unspecified atom stereocenters. The van der Waals surface area contributed by atoms with Crippen molar-refractivity contribution in [1.82, 2.24) is 39.4 Å². The lowest BCUT2D eigenvalue weighted by Crippen LogP contribution is -2.38. The molecule has 14 nitrogen and oxygen atoms in total. The van der Waals surface area contributed by atoms with Crippen molar-refractivity contribution in [2.45, 2.75) is 63.0 Å². The van der Waals surface area contributed by atoms with Crippen LogP contribution in [0.2, 0.25) is 5.02 Å². The summed E-state index contributed by atoms with van der Waals surface area (Å²) >= 11 is 6.52. The minimum absolute atomic E-state index is 0.0647. The Balaban J connectivity index is 1.45. The predicted molar refractivity (Wildman–Crippen MR) is 204 cm³/mol. The summed E-state index contributed by atoms with van der Waals surface area (Å²) in [6.45, 7) is -1.74. The van der Waals surface area contributed by atoms with E-state index in [2.05, 4.69) is 30.2 Å². The molecular formula is C37H30ClF10N9O5S. The number of anilines is 1. The van der Waals surface area contributed by atoms with Crippen molar-refractivity contribution in [3.8, 4) is 11.6 Å². The number of aryl methyl sites for hydroxylation is 1. The molecule has 1 amide bonds. The zero-order chi connectivity index (χ0) is 46.1. The number of rotatable bonds is 14. The maximum atomic E-state index is 15.3. The van der Waals surface area contributed by atoms with E-state index in [9.17, 15) is 53.1 Å². The molecule has 0 aliphatic heterocycles. The number of nitrogens with zero attached hydrogens (tertiary/aromatic N) is 7. The first-order chi connectivity index (χ1) is 29.3. The van der Waals surface area contributed by atoms with E-state index in [1.807, 2.05) is 0 Å². The van der Waals surface area contributed by atoms with Crippen LogP contribution >= 0.6 is 11.6 Å². The van der Waals surface area contributed by atoms with Crippen LogP contribution in [0.15, 0.2) is 47.3 Å². The van der Waals surface area contributed by atoms with Crippen LogP contribution in [0.25, 0.3) is 27.6 Å². The van der Waals surface area contributed by atoms with Crippen molar-refractivity contribution in [2.24, 2.45) is 7.05 Å². The number of nitrogens with one attached hydrogen (secondary N) is 2. The second-order valence-corrected chi connectivity index (χ2v) is 16.8. The Morgan fingerprint density at radius 2 is 1.73 bits per heavy atom. The van der Waals surface area contributed by atoms with Gasteiger partial charge >= 0.3 is 12.3 Å². The van der Waals surface area contributed by atoms with E-state index < -0.39 is 135 Å². The fourth-order valence-electron chi connectivity index (χ4n) is 7.40. The van der Waals surface area contributed by atoms with Gasteiger partial charge in [-0.1, -0.05) is 18.5 Å². The average Bonchev–Trinajstić information content (AvgIpc) is 3.79. The van der Waals surface area contributed by atoms with Gasteiger partial charge in [-0.3, -0.25) is 28.2 Å². The van der Waals surface area contributed by atoms with Gasteiger partial charge in [0.25, 0.3) is 17.9 Å². The van der Waals surface area contributed by atoms with Gasteiger partial charge in [-0.05, 0) is 41.8 Å². The number of halogens is 11. The molecule has 0 spiro atoms. The zero-order valence-electron chi connectivity index (χ0n) is 32.4. The van der Waals surface area contributed by atoms with Gasteiger partial charge in [0.05, 0.1) is 39.3 Å². The number of fused-ring (bicyclic) bond motifs is 3. The molecule has 1 aliphatic rings. The summed E-state index contributed by atoms with van der Waals surface area (Å²) in [4.78, 5) is 37.1. The van der Waals surface area contributed by atoms with Crippen LogP contribution in [-0.2, 0) is 40.8 Å². The van der Waals surface area contributed by atoms with E-state index in [0.29, 0.717) is 10.7 Å². The second kappa shape index (κ2) is 16.3. The number of ether oxygens (including phenoxy) is 1. The Labute approximate surface area is 352 Å². The average molecular weight is 938 g/mol. The largest absolute Gasteiger partial charge is 0.471 e. The summed E-state index contributed by atoms with van der Waals surface area (Å²) in [5.41, 5.74) is -4.54. The lowest BCUT2D eigenvalue weighted by Gasteiger charge is -2.24. The van der Waals surface area contributed by atoms with Gasteiger partial charge in [-0.25, -0.2) is 39.7 Å². The van der Waals surface area contributed by atoms with E-state index in [-0.39, 0.29) is 33.0 Å². The molecule has 0 radical (unpaired) electrons. The first-order valence-corrected chi connectivity index (χ1v) is 20.5. The number of aromatic nitrogens is 7. The van der Waals surface area contributed by atoms with Crippen LogP contribution in [0, 0.1) is 11.6 Å². The van der Waals surface area contributed by atoms with Gasteiger partial charge in [0.2, 0.25) is 21.8 Å². The van der Waals surface area contributed by atoms with Crippen molar-refractivity contribution < 1.29 is 61.9 Å². The molecule has 0 saturated carbocycles. The molecule has 0 saturated heterocycles. The molecule has 2 atom stereocenters. The van der Waals surface area contributed by atoms with Gasteiger partial charge in [0.1, 0.15) is 35.4 Å². The summed E-state index contributed by atoms with van der Waals surface area (Å²) < 4.78 is 175. The molecule has 6 aromatic rings. The van der Waals surface area contributed by atoms with Crippen molar-refractivity contribution >= 4 is 55.3 Å². The lowest BCUT2D eigenvalue weighted by molar-refractivity contribution is -0.148. The highest BCUT2D eigenvalue weighted by molar-refractivity contribution is 7.92. The molecular weight excluding hydrogens is 908 g/mol. The third-order valence-corrected chi connectivity index (χ3v) is 10.7. The topological polar surface area (TPSA) is 168 Å². The molecule has 0 fully saturated rings. The fourth-order valence-corrected chi connectivity index (χ4v) is 8.14. The molecule has 2 N–H and O–H groups in total. The summed E-state index contributed by atoms with van der Waals surface area (Å²) in [5, 5.41) is 9.66. The van der Waals surface area contributed by atoms with Crippen LogP contribution < -0.4 is 20.3 Å². The first kappa shape index (κ1) is 45.1. The van der Waals surface area contributed by atoms with Gasteiger partial charge in [0, 0.05) is 37.6 Å². The predicted octanol–water partition coefficient (Wildman–Crippen LogP) is 7.08. The van der Waals surface area contributed by atoms with Crippen LogP contribution in [0.1, 0.15) is 60.1 Å². The smallest absolute Gasteiger partial charge is 0.340 e. The van der Waals surface area contributed by atoms with Crippen molar-refractivity contribution in [3.63, 3.8) is 0 Å². The monoisotopic (exact) mass is 937 g/mol. The van der Waals surface area contributed by atoms with Crippen LogP contribution in [0.3, 0.4) is 0 Å². The third kappa shape index (κ3) is 8.84. The number of hydrogen-bond acceptors (Lipinski definition) is 9. The van der Waals surface area contributed by atoms with Crippen LogP contribution in [-0.4, -0.2) is 73.6 Å². The molecule has 7 rings (SSSR count). The quantitative estimate of drug-likeness (QED) is 0.109. The van der Waals surface area contributed by atoms with E-state index in [1.54, 1.807) is 0 Å². The highest BCUT2D eigenvalue weighted by Crippen LogP contribution is 2.51. The molecule has 1 aliphatic carbocycles. The zero-order valence-corrected chi connectivity index (χ0v) is 34.0. The van der Waals surface area contributed by atoms with Gasteiger partial charge in [0.15, 0.2) is 18.1 Å². The maximum Gasteiger partial charge on any atom is 0.340 e. The summed E-state index contributed by atoms with van der Waals surface area (Å²) in [6, 6.07) is 4.74. The highest BCUT2D eigenvalue weighted by Gasteiger charge is 2.50. The van der Waals surface area contributed by atoms with E-state index >= 15 is 8.78 Å². The van der Waals surface area contributed by atoms with Gasteiger partial charge in [-0.2, -0.15) is 32.7 Å². The maximum absolute atomic E-state index is 15.3. The minimum atomic E-state index is -4.64. The SMILES string of the molecule is C[C@@H]1CC(F)(F)c2c1c(C(F)F)nn2CC(=O)N[C@@H](Cc1cc(F)cc(F)c1)c1nc2nc(OCC(F)(F)C(F)F)ccc2c(=O)n1-c1ccc(Cl)c2c(NS(C)(=O)=O)nn(C)c12. The normalized spacial score (nSPS) is 15.7. The molecule has 63 heavy (non-hydrogen) atoms. The number of alkyl halides is 8. The number of benzene rings is 2. The molecule has 2 aromatic carbocycles. The Hall–Kier alpha value is -5.98. The molecule has 4 heterocycles. The first-order valence-electron chi connectivity index (χ1n) is 18.2. The number of pyridine rings is 1. The third-order valence-electron chi connectivity index (χ3n) is 9.83. The van der Waals surface area contributed by atoms with Crippen LogP contribution in [0.5, 0.6) is 5.88 Å². The van der Waals surface area contributed by atoms with Crippen LogP contribution in [0.4, 0.5) is 49.7 Å². The minimum Gasteiger partial charge on any atom is -0.471 e. The van der Waals surface area contributed by atoms with Crippen molar-refractivity contribution in [3.05, 3.63) is 97.8 Å². The summed E-state index contributed by atoms with van der Waals surface area (Å²) in [5.74, 6) is -14.5. The van der Waals surface area contributed by atoms with E-state index in [0.717, 1.165) is 39.8 Å². The van der Waals surface area contributed by atoms with Gasteiger partial charge in [-0.15, -0.1) is 0 Å².